The molecule has 3 rings (SSSR count). The Morgan fingerprint density at radius 2 is 2.28 bits per heavy atom. The normalized spacial score (nSPS) is 16.5. The van der Waals surface area contributed by atoms with Gasteiger partial charge in [0.2, 0.25) is 0 Å². The minimum atomic E-state index is -0.0143. The lowest BCUT2D eigenvalue weighted by molar-refractivity contribution is 0.110. The number of pyridine rings is 1. The van der Waals surface area contributed by atoms with E-state index in [-0.39, 0.29) is 18.2 Å². The smallest absolute Gasteiger partial charge is 0.317 e. The van der Waals surface area contributed by atoms with Gasteiger partial charge in [-0.3, -0.25) is 10.1 Å². The van der Waals surface area contributed by atoms with E-state index >= 15 is 0 Å². The lowest BCUT2D eigenvalue weighted by Gasteiger charge is -2.32. The van der Waals surface area contributed by atoms with Gasteiger partial charge in [-0.1, -0.05) is 0 Å². The summed E-state index contributed by atoms with van der Waals surface area (Å²) in [4.78, 5) is 18.3. The first-order chi connectivity index (χ1) is 12.1. The third kappa shape index (κ3) is 4.95. The van der Waals surface area contributed by atoms with Crippen molar-refractivity contribution in [3.05, 3.63) is 42.0 Å². The quantitative estimate of drug-likeness (QED) is 0.872. The molecule has 134 valence electrons. The molecule has 7 nitrogen and oxygen atoms in total. The number of piperidine rings is 1. The predicted octanol–water partition coefficient (Wildman–Crippen LogP) is 2.30. The van der Waals surface area contributed by atoms with Gasteiger partial charge in [0.1, 0.15) is 11.9 Å². The molecule has 1 aliphatic rings. The van der Waals surface area contributed by atoms with Gasteiger partial charge in [0.15, 0.2) is 0 Å². The van der Waals surface area contributed by atoms with E-state index in [9.17, 15) is 4.79 Å². The van der Waals surface area contributed by atoms with Crippen LogP contribution in [0.15, 0.2) is 30.6 Å². The van der Waals surface area contributed by atoms with Crippen LogP contribution in [0.5, 0.6) is 5.75 Å². The SMILES string of the molecule is Cc1cc(C[C@H](C)NC(=O)N2CCC(Oc3cccnc3)CC2)n[nH]1. The summed E-state index contributed by atoms with van der Waals surface area (Å²) in [5.74, 6) is 0.785. The van der Waals surface area contributed by atoms with Crippen LogP contribution in [0.3, 0.4) is 0 Å². The fourth-order valence-corrected chi connectivity index (χ4v) is 3.03. The third-order valence-electron chi connectivity index (χ3n) is 4.31. The van der Waals surface area contributed by atoms with Crippen LogP contribution < -0.4 is 10.1 Å². The number of carbonyl (C=O) groups excluding carboxylic acids is 1. The van der Waals surface area contributed by atoms with Crippen molar-refractivity contribution in [2.24, 2.45) is 0 Å². The highest BCUT2D eigenvalue weighted by Gasteiger charge is 2.24. The van der Waals surface area contributed by atoms with E-state index < -0.39 is 0 Å². The minimum Gasteiger partial charge on any atom is -0.489 e. The Balaban J connectivity index is 1.42. The van der Waals surface area contributed by atoms with Crippen molar-refractivity contribution in [3.8, 4) is 5.75 Å². The van der Waals surface area contributed by atoms with Gasteiger partial charge in [-0.05, 0) is 32.0 Å². The van der Waals surface area contributed by atoms with Crippen molar-refractivity contribution in [3.63, 3.8) is 0 Å². The lowest BCUT2D eigenvalue weighted by atomic mass is 10.1. The topological polar surface area (TPSA) is 83.1 Å². The van der Waals surface area contributed by atoms with Crippen LogP contribution in [0.25, 0.3) is 0 Å². The highest BCUT2D eigenvalue weighted by Crippen LogP contribution is 2.18. The number of nitrogens with zero attached hydrogens (tertiary/aromatic N) is 3. The van der Waals surface area contributed by atoms with E-state index in [1.54, 1.807) is 12.4 Å². The Kier molecular flexibility index (Phi) is 5.53. The van der Waals surface area contributed by atoms with Crippen molar-refractivity contribution >= 4 is 6.03 Å². The Morgan fingerprint density at radius 3 is 2.92 bits per heavy atom. The molecule has 3 heterocycles. The van der Waals surface area contributed by atoms with Crippen molar-refractivity contribution in [1.82, 2.24) is 25.4 Å². The number of likely N-dealkylation sites (tertiary alicyclic amines) is 1. The van der Waals surface area contributed by atoms with Crippen LogP contribution in [0.1, 0.15) is 31.2 Å². The standard InChI is InChI=1S/C18H25N5O2/c1-13(10-15-11-14(2)21-22-15)20-18(24)23-8-5-16(6-9-23)25-17-4-3-7-19-12-17/h3-4,7,11-13,16H,5-6,8-10H2,1-2H3,(H,20,24)(H,21,22)/t13-/m0/s1. The van der Waals surface area contributed by atoms with E-state index in [4.69, 9.17) is 4.74 Å². The number of hydrogen-bond donors (Lipinski definition) is 2. The first-order valence-corrected chi connectivity index (χ1v) is 8.73. The highest BCUT2D eigenvalue weighted by atomic mass is 16.5. The second-order valence-electron chi connectivity index (χ2n) is 6.59. The van der Waals surface area contributed by atoms with Crippen molar-refractivity contribution in [2.45, 2.75) is 45.3 Å². The van der Waals surface area contributed by atoms with Gasteiger partial charge in [0, 0.05) is 50.3 Å². The summed E-state index contributed by atoms with van der Waals surface area (Å²) >= 11 is 0. The number of carbonyl (C=O) groups is 1. The summed E-state index contributed by atoms with van der Waals surface area (Å²) < 4.78 is 5.91. The zero-order chi connectivity index (χ0) is 17.6. The van der Waals surface area contributed by atoms with Crippen LogP contribution in [0.2, 0.25) is 0 Å². The molecule has 2 N–H and O–H groups in total. The molecule has 0 aliphatic carbocycles. The Morgan fingerprint density at radius 1 is 1.48 bits per heavy atom. The number of rotatable bonds is 5. The van der Waals surface area contributed by atoms with Gasteiger partial charge in [-0.2, -0.15) is 5.10 Å². The number of amides is 2. The maximum Gasteiger partial charge on any atom is 0.317 e. The molecular weight excluding hydrogens is 318 g/mol. The molecule has 0 aromatic carbocycles. The van der Waals surface area contributed by atoms with E-state index in [2.05, 4.69) is 20.5 Å². The highest BCUT2D eigenvalue weighted by molar-refractivity contribution is 5.74. The molecule has 1 fully saturated rings. The molecule has 0 saturated carbocycles. The minimum absolute atomic E-state index is 0.0143. The van der Waals surface area contributed by atoms with Crippen LogP contribution in [-0.2, 0) is 6.42 Å². The molecule has 1 saturated heterocycles. The average molecular weight is 343 g/mol. The summed E-state index contributed by atoms with van der Waals surface area (Å²) in [5, 5.41) is 10.2. The van der Waals surface area contributed by atoms with Gasteiger partial charge in [0.05, 0.1) is 11.9 Å². The molecule has 7 heteroatoms. The molecule has 2 amide bonds. The Labute approximate surface area is 147 Å². The number of aromatic nitrogens is 3. The van der Waals surface area contributed by atoms with E-state index in [0.29, 0.717) is 13.1 Å². The van der Waals surface area contributed by atoms with Gasteiger partial charge in [0.25, 0.3) is 0 Å². The molecule has 2 aromatic heterocycles. The van der Waals surface area contributed by atoms with Crippen LogP contribution in [0, 0.1) is 6.92 Å². The Bertz CT molecular complexity index is 680. The fraction of sp³-hybridized carbons (Fsp3) is 0.500. The van der Waals surface area contributed by atoms with Crippen molar-refractivity contribution in [2.75, 3.05) is 13.1 Å². The zero-order valence-electron chi connectivity index (χ0n) is 14.7. The second kappa shape index (κ2) is 8.00. The van der Waals surface area contributed by atoms with Crippen LogP contribution in [0.4, 0.5) is 4.79 Å². The molecule has 0 bridgehead atoms. The number of aromatic amines is 1. The van der Waals surface area contributed by atoms with Gasteiger partial charge in [-0.15, -0.1) is 0 Å². The van der Waals surface area contributed by atoms with Gasteiger partial charge in [-0.25, -0.2) is 4.79 Å². The first kappa shape index (κ1) is 17.3. The number of nitrogens with one attached hydrogen (secondary N) is 2. The average Bonchev–Trinajstić information content (AvgIpc) is 3.01. The molecular formula is C18H25N5O2. The molecule has 0 spiro atoms. The molecule has 0 unspecified atom stereocenters. The van der Waals surface area contributed by atoms with Gasteiger partial charge >= 0.3 is 6.03 Å². The number of aryl methyl sites for hydroxylation is 1. The summed E-state index contributed by atoms with van der Waals surface area (Å²) in [5.41, 5.74) is 2.00. The molecule has 1 atom stereocenters. The molecule has 1 aliphatic heterocycles. The van der Waals surface area contributed by atoms with Gasteiger partial charge < -0.3 is 15.0 Å². The maximum absolute atomic E-state index is 12.4. The van der Waals surface area contributed by atoms with Crippen molar-refractivity contribution in [1.29, 1.82) is 0 Å². The summed E-state index contributed by atoms with van der Waals surface area (Å²) in [6.07, 6.45) is 5.96. The van der Waals surface area contributed by atoms with Crippen LogP contribution in [-0.4, -0.2) is 51.3 Å². The van der Waals surface area contributed by atoms with Crippen LogP contribution >= 0.6 is 0 Å². The van der Waals surface area contributed by atoms with E-state index in [0.717, 1.165) is 36.4 Å². The predicted molar refractivity (Wildman–Crippen MR) is 94.5 cm³/mol. The number of ether oxygens (including phenoxy) is 1. The second-order valence-corrected chi connectivity index (χ2v) is 6.59. The summed E-state index contributed by atoms with van der Waals surface area (Å²) in [7, 11) is 0. The monoisotopic (exact) mass is 343 g/mol. The summed E-state index contributed by atoms with van der Waals surface area (Å²) in [6.45, 7) is 5.37. The largest absolute Gasteiger partial charge is 0.489 e. The fourth-order valence-electron chi connectivity index (χ4n) is 3.03. The first-order valence-electron chi connectivity index (χ1n) is 8.73. The Hall–Kier alpha value is -2.57. The van der Waals surface area contributed by atoms with E-state index in [1.165, 1.54) is 0 Å². The third-order valence-corrected chi connectivity index (χ3v) is 4.31. The van der Waals surface area contributed by atoms with Crippen molar-refractivity contribution < 1.29 is 9.53 Å². The van der Waals surface area contributed by atoms with E-state index in [1.807, 2.05) is 36.9 Å². The number of H-pyrrole nitrogens is 1. The number of urea groups is 1. The molecule has 25 heavy (non-hydrogen) atoms. The summed E-state index contributed by atoms with van der Waals surface area (Å²) in [6, 6.07) is 5.80. The number of hydrogen-bond acceptors (Lipinski definition) is 4. The zero-order valence-corrected chi connectivity index (χ0v) is 14.7. The molecule has 2 aromatic rings. The maximum atomic E-state index is 12.4. The lowest BCUT2D eigenvalue weighted by Crippen LogP contribution is -2.49. The molecule has 0 radical (unpaired) electrons.